The fourth-order valence-corrected chi connectivity index (χ4v) is 3.90. The summed E-state index contributed by atoms with van der Waals surface area (Å²) in [5, 5.41) is 0.116. The van der Waals surface area contributed by atoms with Gasteiger partial charge in [0.05, 0.1) is 24.5 Å². The predicted octanol–water partition coefficient (Wildman–Crippen LogP) is -0.328. The number of methoxy groups -OCH3 is 2. The highest BCUT2D eigenvalue weighted by molar-refractivity contribution is 8.11. The molecule has 2 aromatic carbocycles. The van der Waals surface area contributed by atoms with Gasteiger partial charge in [0.25, 0.3) is 11.0 Å². The van der Waals surface area contributed by atoms with Gasteiger partial charge in [0.1, 0.15) is 11.5 Å². The van der Waals surface area contributed by atoms with Crippen molar-refractivity contribution in [2.24, 2.45) is 4.40 Å². The van der Waals surface area contributed by atoms with Crippen LogP contribution in [-0.4, -0.2) is 25.2 Å². The van der Waals surface area contributed by atoms with E-state index in [9.17, 15) is 14.0 Å². The number of hydrogen-bond acceptors (Lipinski definition) is 8. The maximum atomic E-state index is 11.0. The molecule has 0 aromatic heterocycles. The van der Waals surface area contributed by atoms with Crippen molar-refractivity contribution >= 4 is 21.9 Å². The maximum Gasteiger partial charge on any atom is 0.274 e. The van der Waals surface area contributed by atoms with Crippen molar-refractivity contribution in [1.82, 2.24) is 0 Å². The van der Waals surface area contributed by atoms with Gasteiger partial charge in [0.15, 0.2) is 3.74 Å². The quantitative estimate of drug-likeness (QED) is 0.610. The van der Waals surface area contributed by atoms with E-state index in [4.69, 9.17) is 14.2 Å². The molecule has 26 heavy (non-hydrogen) atoms. The lowest BCUT2D eigenvalue weighted by molar-refractivity contribution is -1.91. The molecule has 1 atom stereocenters. The van der Waals surface area contributed by atoms with Gasteiger partial charge in [-0.1, -0.05) is 0 Å². The van der Waals surface area contributed by atoms with Gasteiger partial charge in [-0.15, -0.1) is 4.40 Å². The van der Waals surface area contributed by atoms with E-state index in [2.05, 4.69) is 8.13 Å². The molecule has 0 bridgehead atoms. The molecule has 0 saturated heterocycles. The van der Waals surface area contributed by atoms with Gasteiger partial charge >= 0.3 is 0 Å². The lowest BCUT2D eigenvalue weighted by atomic mass is 10.2. The molecule has 8 nitrogen and oxygen atoms in total. The molecule has 1 heterocycles. The lowest BCUT2D eigenvalue weighted by Crippen LogP contribution is -2.60. The van der Waals surface area contributed by atoms with Crippen molar-refractivity contribution in [3.05, 3.63) is 59.7 Å². The number of halogens is 1. The van der Waals surface area contributed by atoms with Crippen molar-refractivity contribution in [3.8, 4) is 11.5 Å². The van der Waals surface area contributed by atoms with Crippen molar-refractivity contribution < 1.29 is 42.2 Å². The van der Waals surface area contributed by atoms with Crippen molar-refractivity contribution in [3.63, 3.8) is 0 Å². The van der Waals surface area contributed by atoms with E-state index in [1.165, 1.54) is 14.2 Å². The molecule has 1 aliphatic heterocycles. The first-order valence-electron chi connectivity index (χ1n) is 7.17. The van der Waals surface area contributed by atoms with Crippen LogP contribution in [0.2, 0.25) is 0 Å². The number of hydrogen-bond donors (Lipinski definition) is 0. The van der Waals surface area contributed by atoms with Crippen LogP contribution in [0.1, 0.15) is 11.1 Å². The minimum absolute atomic E-state index is 0.116. The summed E-state index contributed by atoms with van der Waals surface area (Å²) in [7, 11) is -3.35. The smallest absolute Gasteiger partial charge is 0.274 e. The zero-order chi connectivity index (χ0) is 18.7. The molecular formula is C16H14ClNO7S. The maximum absolute atomic E-state index is 11.0. The van der Waals surface area contributed by atoms with Crippen LogP contribution in [0.25, 0.3) is 0 Å². The second-order valence-corrected chi connectivity index (χ2v) is 7.24. The normalized spacial score (nSPS) is 16.9. The van der Waals surface area contributed by atoms with E-state index in [-0.39, 0.29) is 10.9 Å². The van der Waals surface area contributed by atoms with Crippen LogP contribution in [0.3, 0.4) is 0 Å². The molecule has 3 rings (SSSR count). The summed E-state index contributed by atoms with van der Waals surface area (Å²) >= 11 is 0. The van der Waals surface area contributed by atoms with Gasteiger partial charge in [-0.25, -0.2) is 0 Å². The van der Waals surface area contributed by atoms with Crippen molar-refractivity contribution in [2.45, 2.75) is 0 Å². The van der Waals surface area contributed by atoms with Gasteiger partial charge in [0.2, 0.25) is 10.9 Å². The highest BCUT2D eigenvalue weighted by Gasteiger charge is 2.33. The number of benzene rings is 2. The highest BCUT2D eigenvalue weighted by Crippen LogP contribution is 2.33. The van der Waals surface area contributed by atoms with Gasteiger partial charge in [-0.2, -0.15) is 14.0 Å². The van der Waals surface area contributed by atoms with Crippen LogP contribution in [-0.2, 0) is 8.47 Å². The van der Waals surface area contributed by atoms with E-state index < -0.39 is 21.2 Å². The third-order valence-corrected chi connectivity index (χ3v) is 5.38. The summed E-state index contributed by atoms with van der Waals surface area (Å²) in [6.07, 6.45) is 0. The number of rotatable bonds is 6. The second-order valence-electron chi connectivity index (χ2n) is 4.93. The van der Waals surface area contributed by atoms with Crippen LogP contribution in [0.15, 0.2) is 52.9 Å². The van der Waals surface area contributed by atoms with Crippen LogP contribution in [0, 0.1) is 10.2 Å². The SMILES string of the molecule is COc1ccc(C2=NS(O[Cl+3]([O-])([O-])[O-])=C(c3ccc(OC)cc3)O2)cc1. The highest BCUT2D eigenvalue weighted by atomic mass is 35.7. The van der Waals surface area contributed by atoms with E-state index in [0.29, 0.717) is 22.6 Å². The van der Waals surface area contributed by atoms with Gasteiger partial charge in [0, 0.05) is 11.1 Å². The average Bonchev–Trinajstić information content (AvgIpc) is 3.03. The zero-order valence-electron chi connectivity index (χ0n) is 13.7. The Kier molecular flexibility index (Phi) is 5.47. The molecule has 0 fully saturated rings. The summed E-state index contributed by atoms with van der Waals surface area (Å²) < 4.78 is 57.6. The van der Waals surface area contributed by atoms with Gasteiger partial charge < -0.3 is 14.2 Å². The Bertz CT molecular complexity index is 844. The van der Waals surface area contributed by atoms with Crippen LogP contribution in [0.4, 0.5) is 0 Å². The molecule has 0 N–H and O–H groups in total. The number of nitrogens with zero attached hydrogens (tertiary/aromatic N) is 1. The molecule has 0 amide bonds. The summed E-state index contributed by atoms with van der Waals surface area (Å²) in [4.78, 5) is 0. The Hall–Kier alpha value is -2.14. The monoisotopic (exact) mass is 399 g/mol. The fourth-order valence-electron chi connectivity index (χ4n) is 2.11. The molecule has 0 radical (unpaired) electrons. The minimum atomic E-state index is -4.68. The molecule has 10 heteroatoms. The molecule has 2 aromatic rings. The van der Waals surface area contributed by atoms with E-state index in [1.54, 1.807) is 48.5 Å². The van der Waals surface area contributed by atoms with Crippen molar-refractivity contribution in [2.75, 3.05) is 14.2 Å². The molecule has 0 aliphatic carbocycles. The third kappa shape index (κ3) is 4.33. The molecule has 138 valence electrons. The topological polar surface area (TPSA) is 118 Å². The number of ether oxygens (including phenoxy) is 3. The Morgan fingerprint density at radius 3 is 1.81 bits per heavy atom. The fraction of sp³-hybridized carbons (Fsp3) is 0.125. The van der Waals surface area contributed by atoms with Crippen LogP contribution in [0.5, 0.6) is 11.5 Å². The molecular weight excluding hydrogens is 386 g/mol. The summed E-state index contributed by atoms with van der Waals surface area (Å²) in [5.41, 5.74) is 1.09. The van der Waals surface area contributed by atoms with Gasteiger partial charge in [-0.3, -0.25) is 0 Å². The Labute approximate surface area is 154 Å². The standard InChI is InChI=1S/C16H14ClNO7S/c1-22-13-7-3-11(4-8-13)15-18-26(25-17(19,20)21)16(24-15)12-5-9-14(23-2)10-6-12/h3-10H,1-2H3. The molecule has 0 spiro atoms. The molecule has 1 unspecified atom stereocenters. The lowest BCUT2D eigenvalue weighted by Gasteiger charge is -2.11. The van der Waals surface area contributed by atoms with Crippen molar-refractivity contribution in [1.29, 1.82) is 0 Å². The second kappa shape index (κ2) is 7.62. The largest absolute Gasteiger partial charge is 0.497 e. The van der Waals surface area contributed by atoms with E-state index in [0.717, 1.165) is 0 Å². The Morgan fingerprint density at radius 2 is 1.35 bits per heavy atom. The van der Waals surface area contributed by atoms with Crippen LogP contribution < -0.4 is 23.5 Å². The first kappa shape index (κ1) is 18.6. The van der Waals surface area contributed by atoms with Gasteiger partial charge in [-0.05, 0) is 48.5 Å². The predicted molar refractivity (Wildman–Crippen MR) is 86.4 cm³/mol. The van der Waals surface area contributed by atoms with E-state index in [1.807, 2.05) is 0 Å². The summed E-state index contributed by atoms with van der Waals surface area (Å²) in [5.74, 6) is 1.39. The average molecular weight is 400 g/mol. The van der Waals surface area contributed by atoms with Crippen LogP contribution >= 0.6 is 11.0 Å². The summed E-state index contributed by atoms with van der Waals surface area (Å²) in [6.45, 7) is 0. The zero-order valence-corrected chi connectivity index (χ0v) is 15.3. The first-order valence-corrected chi connectivity index (χ1v) is 9.51. The first-order chi connectivity index (χ1) is 12.4. The molecule has 1 aliphatic rings. The Balaban J connectivity index is 1.93. The van der Waals surface area contributed by atoms with E-state index >= 15 is 0 Å². The third-order valence-electron chi connectivity index (χ3n) is 3.31. The molecule has 0 saturated carbocycles. The minimum Gasteiger partial charge on any atom is -0.497 e. The Morgan fingerprint density at radius 1 is 0.846 bits per heavy atom. The summed E-state index contributed by atoms with van der Waals surface area (Å²) in [6, 6.07) is 13.4.